The van der Waals surface area contributed by atoms with Gasteiger partial charge in [0.15, 0.2) is 0 Å². The lowest BCUT2D eigenvalue weighted by Crippen LogP contribution is -2.38. The van der Waals surface area contributed by atoms with Crippen LogP contribution in [0.2, 0.25) is 0 Å². The number of rotatable bonds is 12. The zero-order valence-electron chi connectivity index (χ0n) is 13.4. The van der Waals surface area contributed by atoms with E-state index in [1.807, 2.05) is 0 Å². The normalized spacial score (nSPS) is 11.5. The molecule has 0 radical (unpaired) electrons. The Morgan fingerprint density at radius 1 is 0.950 bits per heavy atom. The van der Waals surface area contributed by atoms with Gasteiger partial charge in [-0.05, 0) is 13.3 Å². The number of amides is 1. The first-order chi connectivity index (χ1) is 9.07. The van der Waals surface area contributed by atoms with E-state index in [0.717, 1.165) is 12.8 Å². The monoisotopic (exact) mass is 289 g/mol. The molecule has 0 spiro atoms. The first kappa shape index (κ1) is 21.2. The van der Waals surface area contributed by atoms with Crippen LogP contribution in [0.3, 0.4) is 0 Å². The number of quaternary nitrogens is 1. The summed E-state index contributed by atoms with van der Waals surface area (Å²) in [5.74, 6) is -1.14. The van der Waals surface area contributed by atoms with Gasteiger partial charge in [0.05, 0.1) is 0 Å². The Labute approximate surface area is 123 Å². The van der Waals surface area contributed by atoms with E-state index in [0.29, 0.717) is 6.42 Å². The fraction of sp³-hybridized carbons (Fsp3) is 0.867. The maximum Gasteiger partial charge on any atom is 0.325 e. The van der Waals surface area contributed by atoms with Gasteiger partial charge in [0.1, 0.15) is 6.04 Å². The largest absolute Gasteiger partial charge is 0.480 e. The summed E-state index contributed by atoms with van der Waals surface area (Å²) >= 11 is 0. The lowest BCUT2D eigenvalue weighted by Gasteiger charge is -2.08. The molecule has 120 valence electrons. The molecule has 0 rings (SSSR count). The van der Waals surface area contributed by atoms with E-state index in [4.69, 9.17) is 5.11 Å². The molecule has 1 atom stereocenters. The second-order valence-corrected chi connectivity index (χ2v) is 5.21. The van der Waals surface area contributed by atoms with Crippen LogP contribution in [0, 0.1) is 0 Å². The molecule has 0 saturated heterocycles. The average Bonchev–Trinajstić information content (AvgIpc) is 2.36. The van der Waals surface area contributed by atoms with Crippen LogP contribution >= 0.6 is 0 Å². The molecule has 0 aromatic rings. The minimum Gasteiger partial charge on any atom is -0.480 e. The van der Waals surface area contributed by atoms with E-state index in [9.17, 15) is 9.59 Å². The lowest BCUT2D eigenvalue weighted by atomic mass is 10.1. The fourth-order valence-electron chi connectivity index (χ4n) is 1.97. The second-order valence-electron chi connectivity index (χ2n) is 5.21. The van der Waals surface area contributed by atoms with Gasteiger partial charge in [-0.1, -0.05) is 58.3 Å². The van der Waals surface area contributed by atoms with Crippen molar-refractivity contribution in [3.05, 3.63) is 0 Å². The van der Waals surface area contributed by atoms with Crippen molar-refractivity contribution in [2.45, 2.75) is 84.1 Å². The second kappa shape index (κ2) is 14.3. The van der Waals surface area contributed by atoms with Crippen LogP contribution < -0.4 is 11.5 Å². The van der Waals surface area contributed by atoms with Crippen LogP contribution in [0.1, 0.15) is 78.1 Å². The first-order valence-corrected chi connectivity index (χ1v) is 7.60. The number of hydrogen-bond donors (Lipinski definition) is 3. The molecular formula is C15H33N2O3+. The molecule has 0 unspecified atom stereocenters. The van der Waals surface area contributed by atoms with Gasteiger partial charge in [0.2, 0.25) is 5.91 Å². The molecule has 5 nitrogen and oxygen atoms in total. The van der Waals surface area contributed by atoms with Gasteiger partial charge >= 0.3 is 5.97 Å². The number of aliphatic carboxylic acids is 1. The van der Waals surface area contributed by atoms with Crippen LogP contribution in [-0.2, 0) is 9.59 Å². The molecular weight excluding hydrogens is 256 g/mol. The third-order valence-corrected chi connectivity index (χ3v) is 3.26. The highest BCUT2D eigenvalue weighted by Gasteiger charge is 2.12. The molecule has 6 N–H and O–H groups in total. The summed E-state index contributed by atoms with van der Waals surface area (Å²) in [6.45, 7) is 3.70. The molecule has 5 heteroatoms. The van der Waals surface area contributed by atoms with Gasteiger partial charge in [0.25, 0.3) is 0 Å². The van der Waals surface area contributed by atoms with Crippen molar-refractivity contribution in [3.8, 4) is 0 Å². The predicted molar refractivity (Wildman–Crippen MR) is 83.1 cm³/mol. The highest BCUT2D eigenvalue weighted by Crippen LogP contribution is 2.10. The molecule has 0 aliphatic rings. The van der Waals surface area contributed by atoms with Gasteiger partial charge in [-0.3, -0.25) is 9.59 Å². The molecule has 20 heavy (non-hydrogen) atoms. The number of unbranched alkanes of at least 4 members (excludes halogenated alkanes) is 8. The predicted octanol–water partition coefficient (Wildman–Crippen LogP) is 3.87. The lowest BCUT2D eigenvalue weighted by molar-refractivity contribution is -0.141. The fourth-order valence-corrected chi connectivity index (χ4v) is 1.97. The van der Waals surface area contributed by atoms with Gasteiger partial charge in [-0.15, -0.1) is 0 Å². The van der Waals surface area contributed by atoms with Crippen molar-refractivity contribution in [2.75, 3.05) is 0 Å². The van der Waals surface area contributed by atoms with Crippen LogP contribution in [0.25, 0.3) is 0 Å². The van der Waals surface area contributed by atoms with Crippen molar-refractivity contribution in [1.82, 2.24) is 11.5 Å². The van der Waals surface area contributed by atoms with E-state index in [1.165, 1.54) is 51.9 Å². The minimum absolute atomic E-state index is 0. The number of carboxylic acid groups (broad SMARTS) is 1. The van der Waals surface area contributed by atoms with Crippen LogP contribution in [0.15, 0.2) is 0 Å². The van der Waals surface area contributed by atoms with E-state index in [-0.39, 0.29) is 12.1 Å². The van der Waals surface area contributed by atoms with Gasteiger partial charge < -0.3 is 16.6 Å². The summed E-state index contributed by atoms with van der Waals surface area (Å²) in [5, 5.41) is 11.1. The average molecular weight is 289 g/mol. The quantitative estimate of drug-likeness (QED) is 0.475. The summed E-state index contributed by atoms with van der Waals surface area (Å²) < 4.78 is 0. The summed E-state index contributed by atoms with van der Waals surface area (Å²) in [7, 11) is 0. The van der Waals surface area contributed by atoms with Gasteiger partial charge in [0, 0.05) is 6.42 Å². The summed E-state index contributed by atoms with van der Waals surface area (Å²) in [6.07, 6.45) is 11.3. The highest BCUT2D eigenvalue weighted by molar-refractivity contribution is 5.83. The van der Waals surface area contributed by atoms with Crippen LogP contribution in [0.5, 0.6) is 0 Å². The summed E-state index contributed by atoms with van der Waals surface area (Å²) in [6, 6.07) is -0.786. The Bertz CT molecular complexity index is 258. The smallest absolute Gasteiger partial charge is 0.325 e. The Morgan fingerprint density at radius 2 is 1.40 bits per heavy atom. The van der Waals surface area contributed by atoms with E-state index in [1.54, 1.807) is 0 Å². The molecule has 0 aromatic carbocycles. The van der Waals surface area contributed by atoms with E-state index >= 15 is 0 Å². The number of carbonyl (C=O) groups is 2. The zero-order valence-corrected chi connectivity index (χ0v) is 13.4. The van der Waals surface area contributed by atoms with Crippen molar-refractivity contribution < 1.29 is 14.7 Å². The van der Waals surface area contributed by atoms with Crippen molar-refractivity contribution in [1.29, 1.82) is 0 Å². The molecule has 0 aliphatic carbocycles. The first-order valence-electron chi connectivity index (χ1n) is 7.60. The SMILES string of the molecule is CCCCCCCCCCCC(=O)N[C@@H](C)C(=O)O.[NH4+]. The number of carbonyl (C=O) groups excluding carboxylic acids is 1. The van der Waals surface area contributed by atoms with Gasteiger partial charge in [-0.25, -0.2) is 0 Å². The minimum atomic E-state index is -0.986. The number of nitrogens with one attached hydrogen (secondary N) is 1. The molecule has 0 heterocycles. The molecule has 0 aromatic heterocycles. The molecule has 0 aliphatic heterocycles. The maximum atomic E-state index is 11.4. The zero-order chi connectivity index (χ0) is 14.5. The third kappa shape index (κ3) is 13.3. The van der Waals surface area contributed by atoms with E-state index < -0.39 is 12.0 Å². The summed E-state index contributed by atoms with van der Waals surface area (Å²) in [4.78, 5) is 21.9. The Balaban J connectivity index is 0. The van der Waals surface area contributed by atoms with E-state index in [2.05, 4.69) is 12.2 Å². The molecule has 0 bridgehead atoms. The number of hydrogen-bond acceptors (Lipinski definition) is 2. The van der Waals surface area contributed by atoms with Gasteiger partial charge in [-0.2, -0.15) is 0 Å². The Hall–Kier alpha value is -1.10. The molecule has 0 saturated carbocycles. The van der Waals surface area contributed by atoms with Crippen molar-refractivity contribution in [2.24, 2.45) is 0 Å². The van der Waals surface area contributed by atoms with Crippen LogP contribution in [-0.4, -0.2) is 23.0 Å². The Kier molecular flexibility index (Phi) is 15.2. The Morgan fingerprint density at radius 3 is 1.85 bits per heavy atom. The maximum absolute atomic E-state index is 11.4. The summed E-state index contributed by atoms with van der Waals surface area (Å²) in [5.41, 5.74) is 0. The highest BCUT2D eigenvalue weighted by atomic mass is 16.4. The van der Waals surface area contributed by atoms with Crippen molar-refractivity contribution >= 4 is 11.9 Å². The number of carboxylic acids is 1. The van der Waals surface area contributed by atoms with Crippen LogP contribution in [0.4, 0.5) is 0 Å². The molecule has 1 amide bonds. The standard InChI is InChI=1S/C15H29NO3.H3N/c1-3-4-5-6-7-8-9-10-11-12-14(17)16-13(2)15(18)19;/h13H,3-12H2,1-2H3,(H,16,17)(H,18,19);1H3/p+1/t13-;/m0./s1. The van der Waals surface area contributed by atoms with Crippen molar-refractivity contribution in [3.63, 3.8) is 0 Å². The molecule has 0 fully saturated rings. The third-order valence-electron chi connectivity index (χ3n) is 3.26. The topological polar surface area (TPSA) is 103 Å².